The van der Waals surface area contributed by atoms with E-state index in [9.17, 15) is 4.79 Å². The Hall–Kier alpha value is -1.31. The maximum Gasteiger partial charge on any atom is 0.313 e. The van der Waals surface area contributed by atoms with Crippen molar-refractivity contribution in [1.82, 2.24) is 0 Å². The predicted molar refractivity (Wildman–Crippen MR) is 63.4 cm³/mol. The van der Waals surface area contributed by atoms with Gasteiger partial charge in [-0.2, -0.15) is 0 Å². The molecule has 2 heteroatoms. The van der Waals surface area contributed by atoms with Crippen LogP contribution in [0.4, 0.5) is 0 Å². The Bertz CT molecular complexity index is 385. The molecule has 0 saturated heterocycles. The number of carbonyl (C=O) groups is 1. The van der Waals surface area contributed by atoms with Crippen LogP contribution in [0.25, 0.3) is 0 Å². The lowest BCUT2D eigenvalue weighted by atomic mass is 9.87. The van der Waals surface area contributed by atoms with E-state index >= 15 is 0 Å². The van der Waals surface area contributed by atoms with Crippen LogP contribution in [0.15, 0.2) is 18.2 Å². The number of methoxy groups -OCH3 is 1. The number of benzene rings is 1. The van der Waals surface area contributed by atoms with Gasteiger partial charge < -0.3 is 4.74 Å². The van der Waals surface area contributed by atoms with E-state index in [4.69, 9.17) is 4.74 Å². The van der Waals surface area contributed by atoms with Crippen LogP contribution >= 0.6 is 0 Å². The van der Waals surface area contributed by atoms with Crippen molar-refractivity contribution in [3.8, 4) is 0 Å². The standard InChI is InChI=1S/C14H18O2/c1-9-5-4-6-10(2)12(9)13(11-7-8-11)14(15)16-3/h4-6,11,13H,7-8H2,1-3H3. The summed E-state index contributed by atoms with van der Waals surface area (Å²) in [7, 11) is 1.48. The lowest BCUT2D eigenvalue weighted by Gasteiger charge is -2.19. The summed E-state index contributed by atoms with van der Waals surface area (Å²) in [6.45, 7) is 4.14. The molecule has 0 bridgehead atoms. The molecule has 0 amide bonds. The molecular weight excluding hydrogens is 200 g/mol. The van der Waals surface area contributed by atoms with Gasteiger partial charge >= 0.3 is 5.97 Å². The third-order valence-corrected chi connectivity index (χ3v) is 3.40. The van der Waals surface area contributed by atoms with E-state index in [-0.39, 0.29) is 11.9 Å². The van der Waals surface area contributed by atoms with Gasteiger partial charge in [0.25, 0.3) is 0 Å². The summed E-state index contributed by atoms with van der Waals surface area (Å²) in [6, 6.07) is 6.18. The molecule has 1 aliphatic rings. The quantitative estimate of drug-likeness (QED) is 0.729. The van der Waals surface area contributed by atoms with Gasteiger partial charge in [-0.3, -0.25) is 4.79 Å². The van der Waals surface area contributed by atoms with Crippen LogP contribution in [0.5, 0.6) is 0 Å². The second kappa shape index (κ2) is 4.28. The first kappa shape index (κ1) is 11.2. The summed E-state index contributed by atoms with van der Waals surface area (Å²) in [5, 5.41) is 0. The molecule has 0 radical (unpaired) electrons. The van der Waals surface area contributed by atoms with Crippen LogP contribution in [0.3, 0.4) is 0 Å². The zero-order chi connectivity index (χ0) is 11.7. The Labute approximate surface area is 96.6 Å². The topological polar surface area (TPSA) is 26.3 Å². The first-order valence-corrected chi connectivity index (χ1v) is 5.79. The van der Waals surface area contributed by atoms with Crippen LogP contribution in [0.1, 0.15) is 35.4 Å². The average Bonchev–Trinajstić information content (AvgIpc) is 3.06. The Kier molecular flexibility index (Phi) is 2.99. The van der Waals surface area contributed by atoms with Gasteiger partial charge in [-0.25, -0.2) is 0 Å². The fourth-order valence-electron chi connectivity index (χ4n) is 2.42. The van der Waals surface area contributed by atoms with Crippen LogP contribution in [0, 0.1) is 19.8 Å². The summed E-state index contributed by atoms with van der Waals surface area (Å²) in [6.07, 6.45) is 2.29. The molecule has 86 valence electrons. The second-order valence-corrected chi connectivity index (χ2v) is 4.64. The minimum absolute atomic E-state index is 0.0498. The van der Waals surface area contributed by atoms with Gasteiger partial charge in [-0.15, -0.1) is 0 Å². The van der Waals surface area contributed by atoms with Crippen molar-refractivity contribution in [3.63, 3.8) is 0 Å². The molecule has 0 aliphatic heterocycles. The van der Waals surface area contributed by atoms with E-state index in [0.29, 0.717) is 5.92 Å². The maximum atomic E-state index is 11.9. The van der Waals surface area contributed by atoms with Crippen molar-refractivity contribution in [2.24, 2.45) is 5.92 Å². The molecule has 1 unspecified atom stereocenters. The lowest BCUT2D eigenvalue weighted by molar-refractivity contribution is -0.143. The van der Waals surface area contributed by atoms with Gasteiger partial charge in [0.2, 0.25) is 0 Å². The van der Waals surface area contributed by atoms with E-state index in [1.807, 2.05) is 6.07 Å². The zero-order valence-electron chi connectivity index (χ0n) is 10.1. The monoisotopic (exact) mass is 218 g/mol. The van der Waals surface area contributed by atoms with E-state index in [1.54, 1.807) is 0 Å². The molecule has 1 aromatic rings. The van der Waals surface area contributed by atoms with Gasteiger partial charge in [0, 0.05) is 0 Å². The highest BCUT2D eigenvalue weighted by molar-refractivity contribution is 5.80. The van der Waals surface area contributed by atoms with Crippen molar-refractivity contribution in [2.45, 2.75) is 32.6 Å². The molecule has 2 nitrogen and oxygen atoms in total. The molecule has 16 heavy (non-hydrogen) atoms. The highest BCUT2D eigenvalue weighted by Crippen LogP contribution is 2.45. The SMILES string of the molecule is COC(=O)C(c1c(C)cccc1C)C1CC1. The average molecular weight is 218 g/mol. The van der Waals surface area contributed by atoms with E-state index in [1.165, 1.54) is 23.8 Å². The van der Waals surface area contributed by atoms with Gasteiger partial charge in [-0.1, -0.05) is 18.2 Å². The molecule has 0 spiro atoms. The summed E-state index contributed by atoms with van der Waals surface area (Å²) in [5.41, 5.74) is 3.57. The molecule has 0 aromatic heterocycles. The smallest absolute Gasteiger partial charge is 0.313 e. The largest absolute Gasteiger partial charge is 0.469 e. The van der Waals surface area contributed by atoms with Crippen molar-refractivity contribution in [1.29, 1.82) is 0 Å². The van der Waals surface area contributed by atoms with E-state index < -0.39 is 0 Å². The van der Waals surface area contributed by atoms with Crippen molar-refractivity contribution < 1.29 is 9.53 Å². The molecule has 0 heterocycles. The highest BCUT2D eigenvalue weighted by Gasteiger charge is 2.39. The highest BCUT2D eigenvalue weighted by atomic mass is 16.5. The van der Waals surface area contributed by atoms with Crippen LogP contribution in [-0.4, -0.2) is 13.1 Å². The number of aryl methyl sites for hydroxylation is 2. The van der Waals surface area contributed by atoms with Crippen LogP contribution < -0.4 is 0 Å². The number of carbonyl (C=O) groups excluding carboxylic acids is 1. The van der Waals surface area contributed by atoms with Crippen LogP contribution in [0.2, 0.25) is 0 Å². The summed E-state index contributed by atoms with van der Waals surface area (Å²) < 4.78 is 4.94. The Morgan fingerprint density at radius 3 is 2.31 bits per heavy atom. The number of ether oxygens (including phenoxy) is 1. The van der Waals surface area contributed by atoms with E-state index in [0.717, 1.165) is 12.8 Å². The van der Waals surface area contributed by atoms with Gasteiger partial charge in [0.15, 0.2) is 0 Å². The van der Waals surface area contributed by atoms with Crippen molar-refractivity contribution in [3.05, 3.63) is 34.9 Å². The molecule has 2 rings (SSSR count). The normalized spacial score (nSPS) is 16.9. The fourth-order valence-corrected chi connectivity index (χ4v) is 2.42. The minimum atomic E-state index is -0.0834. The Morgan fingerprint density at radius 1 is 1.31 bits per heavy atom. The molecule has 1 aromatic carbocycles. The molecule has 0 N–H and O–H groups in total. The molecule has 1 saturated carbocycles. The number of rotatable bonds is 3. The van der Waals surface area contributed by atoms with E-state index in [2.05, 4.69) is 26.0 Å². The molecular formula is C14H18O2. The summed E-state index contributed by atoms with van der Waals surface area (Å²) in [4.78, 5) is 11.9. The third kappa shape index (κ3) is 1.97. The Balaban J connectivity index is 2.42. The Morgan fingerprint density at radius 2 is 1.88 bits per heavy atom. The van der Waals surface area contributed by atoms with Crippen molar-refractivity contribution in [2.75, 3.05) is 7.11 Å². The first-order valence-electron chi connectivity index (χ1n) is 5.79. The predicted octanol–water partition coefficient (Wildman–Crippen LogP) is 2.97. The van der Waals surface area contributed by atoms with Crippen LogP contribution in [-0.2, 0) is 9.53 Å². The van der Waals surface area contributed by atoms with Crippen molar-refractivity contribution >= 4 is 5.97 Å². The molecule has 1 aliphatic carbocycles. The van der Waals surface area contributed by atoms with Gasteiger partial charge in [-0.05, 0) is 49.3 Å². The molecule has 1 atom stereocenters. The summed E-state index contributed by atoms with van der Waals surface area (Å²) >= 11 is 0. The summed E-state index contributed by atoms with van der Waals surface area (Å²) in [5.74, 6) is 0.360. The lowest BCUT2D eigenvalue weighted by Crippen LogP contribution is -2.18. The number of hydrogen-bond acceptors (Lipinski definition) is 2. The third-order valence-electron chi connectivity index (χ3n) is 3.40. The van der Waals surface area contributed by atoms with Gasteiger partial charge in [0.1, 0.15) is 0 Å². The minimum Gasteiger partial charge on any atom is -0.469 e. The molecule has 1 fully saturated rings. The van der Waals surface area contributed by atoms with Gasteiger partial charge in [0.05, 0.1) is 13.0 Å². The first-order chi connectivity index (χ1) is 7.65. The number of esters is 1. The zero-order valence-corrected chi connectivity index (χ0v) is 10.1. The number of hydrogen-bond donors (Lipinski definition) is 0. The fraction of sp³-hybridized carbons (Fsp3) is 0.500. The maximum absolute atomic E-state index is 11.9. The second-order valence-electron chi connectivity index (χ2n) is 4.64.